The number of rotatable bonds is 5. The van der Waals surface area contributed by atoms with Crippen molar-refractivity contribution in [3.8, 4) is 5.75 Å². The van der Waals surface area contributed by atoms with Crippen LogP contribution in [0, 0.1) is 0 Å². The van der Waals surface area contributed by atoms with Crippen molar-refractivity contribution in [1.82, 2.24) is 4.57 Å². The highest BCUT2D eigenvalue weighted by atomic mass is 79.9. The number of hydrogen-bond acceptors (Lipinski definition) is 5. The van der Waals surface area contributed by atoms with Gasteiger partial charge in [0.15, 0.2) is 0 Å². The molecule has 1 aromatic carbocycles. The van der Waals surface area contributed by atoms with Crippen molar-refractivity contribution < 1.29 is 14.6 Å². The largest absolute Gasteiger partial charge is 0.507 e. The van der Waals surface area contributed by atoms with Gasteiger partial charge in [0.2, 0.25) is 0 Å². The van der Waals surface area contributed by atoms with Gasteiger partial charge in [0.25, 0.3) is 0 Å². The summed E-state index contributed by atoms with van der Waals surface area (Å²) in [5.74, 6) is 0.404. The molecule has 2 aromatic heterocycles. The Labute approximate surface area is 156 Å². The Balaban J connectivity index is 2.12. The zero-order valence-electron chi connectivity index (χ0n) is 13.2. The number of carbonyl (C=O) groups is 1. The number of aryl methyl sites for hydroxylation is 1. The predicted octanol–water partition coefficient (Wildman–Crippen LogP) is 5.18. The number of aromatic nitrogens is 1. The summed E-state index contributed by atoms with van der Waals surface area (Å²) in [4.78, 5) is 12.5. The van der Waals surface area contributed by atoms with Crippen molar-refractivity contribution in [3.63, 3.8) is 0 Å². The molecule has 3 rings (SSSR count). The van der Waals surface area contributed by atoms with E-state index in [1.165, 1.54) is 4.21 Å². The summed E-state index contributed by atoms with van der Waals surface area (Å²) in [6.45, 7) is 2.10. The number of thioether (sulfide) groups is 1. The number of halogens is 1. The molecule has 0 fully saturated rings. The minimum absolute atomic E-state index is 0.108. The topological polar surface area (TPSA) is 51.5 Å². The predicted molar refractivity (Wildman–Crippen MR) is 102 cm³/mol. The maximum absolute atomic E-state index is 12.5. The van der Waals surface area contributed by atoms with Crippen LogP contribution in [0.2, 0.25) is 0 Å². The van der Waals surface area contributed by atoms with Gasteiger partial charge in [-0.25, -0.2) is 4.79 Å². The van der Waals surface area contributed by atoms with Crippen molar-refractivity contribution in [1.29, 1.82) is 0 Å². The lowest BCUT2D eigenvalue weighted by atomic mass is 10.1. The van der Waals surface area contributed by atoms with Crippen LogP contribution in [0.25, 0.3) is 10.9 Å². The van der Waals surface area contributed by atoms with Gasteiger partial charge in [-0.15, -0.1) is 23.1 Å². The molecule has 24 heavy (non-hydrogen) atoms. The summed E-state index contributed by atoms with van der Waals surface area (Å²) in [7, 11) is 1.93. The lowest BCUT2D eigenvalue weighted by molar-refractivity contribution is 0.0527. The molecule has 2 heterocycles. The third-order valence-electron chi connectivity index (χ3n) is 3.72. The summed E-state index contributed by atoms with van der Waals surface area (Å²) >= 11 is 6.70. The molecule has 0 radical (unpaired) electrons. The van der Waals surface area contributed by atoms with Crippen LogP contribution in [0.5, 0.6) is 5.75 Å². The number of phenols is 1. The quantitative estimate of drug-likeness (QED) is 0.452. The molecule has 0 atom stereocenters. The second-order valence-corrected chi connectivity index (χ2v) is 8.22. The number of esters is 1. The van der Waals surface area contributed by atoms with Gasteiger partial charge in [-0.05, 0) is 46.4 Å². The Hall–Kier alpha value is -1.44. The van der Waals surface area contributed by atoms with Gasteiger partial charge in [0.1, 0.15) is 5.75 Å². The number of thiophene rings is 1. The van der Waals surface area contributed by atoms with Gasteiger partial charge < -0.3 is 14.4 Å². The Morgan fingerprint density at radius 2 is 2.25 bits per heavy atom. The highest BCUT2D eigenvalue weighted by Gasteiger charge is 2.23. The molecule has 1 N–H and O–H groups in total. The molecule has 0 unspecified atom stereocenters. The number of fused-ring (bicyclic) bond motifs is 1. The fourth-order valence-electron chi connectivity index (χ4n) is 2.58. The van der Waals surface area contributed by atoms with Crippen LogP contribution in [0.1, 0.15) is 23.0 Å². The van der Waals surface area contributed by atoms with Crippen molar-refractivity contribution in [2.75, 3.05) is 6.61 Å². The van der Waals surface area contributed by atoms with E-state index in [2.05, 4.69) is 22.0 Å². The molecular formula is C17H16BrNO3S2. The fraction of sp³-hybridized carbons (Fsp3) is 0.235. The molecule has 0 spiro atoms. The number of ether oxygens (including phenoxy) is 1. The van der Waals surface area contributed by atoms with E-state index in [1.54, 1.807) is 36.1 Å². The Morgan fingerprint density at radius 3 is 2.92 bits per heavy atom. The fourth-order valence-corrected chi connectivity index (χ4v) is 4.77. The van der Waals surface area contributed by atoms with Crippen molar-refractivity contribution in [2.45, 2.75) is 16.9 Å². The number of benzene rings is 1. The van der Waals surface area contributed by atoms with E-state index in [0.29, 0.717) is 27.8 Å². The summed E-state index contributed by atoms with van der Waals surface area (Å²) in [5, 5.41) is 12.8. The molecule has 4 nitrogen and oxygen atoms in total. The first-order valence-corrected chi connectivity index (χ1v) is 10.0. The van der Waals surface area contributed by atoms with Crippen molar-refractivity contribution in [3.05, 3.63) is 45.4 Å². The van der Waals surface area contributed by atoms with Gasteiger partial charge in [-0.2, -0.15) is 0 Å². The van der Waals surface area contributed by atoms with Crippen molar-refractivity contribution >= 4 is 55.9 Å². The summed E-state index contributed by atoms with van der Waals surface area (Å²) in [6, 6.07) is 7.51. The second kappa shape index (κ2) is 7.21. The van der Waals surface area contributed by atoms with Crippen LogP contribution < -0.4 is 0 Å². The molecule has 3 aromatic rings. The molecule has 0 aliphatic rings. The van der Waals surface area contributed by atoms with Crippen LogP contribution in [0.3, 0.4) is 0 Å². The van der Waals surface area contributed by atoms with Crippen LogP contribution in [0.4, 0.5) is 0 Å². The van der Waals surface area contributed by atoms with E-state index in [0.717, 1.165) is 11.2 Å². The molecule has 7 heteroatoms. The van der Waals surface area contributed by atoms with E-state index in [4.69, 9.17) is 4.74 Å². The third kappa shape index (κ3) is 3.20. The normalized spacial score (nSPS) is 11.1. The average Bonchev–Trinajstić information content (AvgIpc) is 3.14. The van der Waals surface area contributed by atoms with E-state index < -0.39 is 0 Å². The zero-order valence-corrected chi connectivity index (χ0v) is 16.4. The summed E-state index contributed by atoms with van der Waals surface area (Å²) in [5.41, 5.74) is 2.30. The van der Waals surface area contributed by atoms with Gasteiger partial charge >= 0.3 is 5.97 Å². The van der Waals surface area contributed by atoms with E-state index >= 15 is 0 Å². The zero-order chi connectivity index (χ0) is 17.3. The third-order valence-corrected chi connectivity index (χ3v) is 6.49. The monoisotopic (exact) mass is 425 g/mol. The summed E-state index contributed by atoms with van der Waals surface area (Å²) < 4.78 is 9.03. The molecule has 0 aliphatic carbocycles. The van der Waals surface area contributed by atoms with Gasteiger partial charge in [-0.1, -0.05) is 6.07 Å². The van der Waals surface area contributed by atoms with Crippen LogP contribution in [-0.4, -0.2) is 22.2 Å². The SMILES string of the molecule is CCOC(=O)c1c(CSc2cccs2)n(C)c2cc(Br)c(O)cc12. The standard InChI is InChI=1S/C17H16BrNO3S2/c1-3-22-17(21)16-10-7-14(20)11(18)8-12(10)19(2)13(16)9-24-15-5-4-6-23-15/h4-8,20H,3,9H2,1-2H3. The lowest BCUT2D eigenvalue weighted by Gasteiger charge is -2.07. The van der Waals surface area contributed by atoms with Crippen LogP contribution in [-0.2, 0) is 17.5 Å². The number of hydrogen-bond donors (Lipinski definition) is 1. The molecule has 126 valence electrons. The number of phenolic OH excluding ortho intramolecular Hbond substituents is 1. The molecule has 0 bridgehead atoms. The van der Waals surface area contributed by atoms with Gasteiger partial charge in [0, 0.05) is 23.9 Å². The first-order valence-electron chi connectivity index (χ1n) is 7.36. The molecule has 0 saturated carbocycles. The van der Waals surface area contributed by atoms with E-state index in [-0.39, 0.29) is 11.7 Å². The number of aromatic hydroxyl groups is 1. The van der Waals surface area contributed by atoms with Crippen LogP contribution >= 0.6 is 39.0 Å². The maximum Gasteiger partial charge on any atom is 0.340 e. The highest BCUT2D eigenvalue weighted by Crippen LogP contribution is 2.37. The Morgan fingerprint density at radius 1 is 1.46 bits per heavy atom. The molecular weight excluding hydrogens is 410 g/mol. The van der Waals surface area contributed by atoms with E-state index in [1.807, 2.05) is 29.1 Å². The lowest BCUT2D eigenvalue weighted by Crippen LogP contribution is -2.08. The number of nitrogens with zero attached hydrogens (tertiary/aromatic N) is 1. The first-order chi connectivity index (χ1) is 11.5. The number of carbonyl (C=O) groups excluding carboxylic acids is 1. The Kier molecular flexibility index (Phi) is 5.22. The molecule has 0 amide bonds. The maximum atomic E-state index is 12.5. The molecule has 0 aliphatic heterocycles. The average molecular weight is 426 g/mol. The van der Waals surface area contributed by atoms with Crippen LogP contribution in [0.15, 0.2) is 38.3 Å². The second-order valence-electron chi connectivity index (χ2n) is 5.14. The van der Waals surface area contributed by atoms with Gasteiger partial charge in [-0.3, -0.25) is 0 Å². The van der Waals surface area contributed by atoms with Crippen molar-refractivity contribution in [2.24, 2.45) is 7.05 Å². The Bertz CT molecular complexity index is 887. The van der Waals surface area contributed by atoms with E-state index in [9.17, 15) is 9.90 Å². The minimum atomic E-state index is -0.355. The first kappa shape index (κ1) is 17.4. The van der Waals surface area contributed by atoms with Gasteiger partial charge in [0.05, 0.1) is 26.4 Å². The molecule has 0 saturated heterocycles. The minimum Gasteiger partial charge on any atom is -0.507 e. The smallest absolute Gasteiger partial charge is 0.340 e. The summed E-state index contributed by atoms with van der Waals surface area (Å²) in [6.07, 6.45) is 0. The highest BCUT2D eigenvalue weighted by molar-refractivity contribution is 9.10.